The highest BCUT2D eigenvalue weighted by Gasteiger charge is 2.21. The average Bonchev–Trinajstić information content (AvgIpc) is 2.10. The van der Waals surface area contributed by atoms with Gasteiger partial charge >= 0.3 is 0 Å². The number of nitrogens with zero attached hydrogens (tertiary/aromatic N) is 1. The van der Waals surface area contributed by atoms with Crippen molar-refractivity contribution < 1.29 is 8.42 Å². The van der Waals surface area contributed by atoms with Crippen LogP contribution in [0.2, 0.25) is 0 Å². The Balaban J connectivity index is 3.52. The van der Waals surface area contributed by atoms with Crippen LogP contribution in [-0.4, -0.2) is 26.8 Å². The minimum atomic E-state index is -3.43. The first kappa shape index (κ1) is 12.5. The van der Waals surface area contributed by atoms with E-state index in [9.17, 15) is 8.42 Å². The van der Waals surface area contributed by atoms with Crippen molar-refractivity contribution in [2.45, 2.75) is 11.8 Å². The molecule has 0 aliphatic heterocycles. The smallest absolute Gasteiger partial charge is 0.242 e. The van der Waals surface area contributed by atoms with Crippen molar-refractivity contribution in [3.05, 3.63) is 22.2 Å². The molecule has 0 spiro atoms. The highest BCUT2D eigenvalue weighted by Crippen LogP contribution is 2.27. The van der Waals surface area contributed by atoms with Crippen molar-refractivity contribution in [3.63, 3.8) is 0 Å². The van der Waals surface area contributed by atoms with E-state index in [1.807, 2.05) is 0 Å². The third kappa shape index (κ3) is 2.32. The minimum absolute atomic E-state index is 0.236. The summed E-state index contributed by atoms with van der Waals surface area (Å²) in [4.78, 5) is 0.236. The van der Waals surface area contributed by atoms with E-state index < -0.39 is 10.0 Å². The zero-order chi connectivity index (χ0) is 11.8. The van der Waals surface area contributed by atoms with E-state index in [2.05, 4.69) is 15.9 Å². The van der Waals surface area contributed by atoms with E-state index in [0.29, 0.717) is 15.7 Å². The fourth-order valence-electron chi connectivity index (χ4n) is 1.14. The Morgan fingerprint density at radius 2 is 1.87 bits per heavy atom. The molecule has 84 valence electrons. The van der Waals surface area contributed by atoms with Gasteiger partial charge in [-0.05, 0) is 24.6 Å². The molecule has 1 rings (SSSR count). The predicted octanol–water partition coefficient (Wildman–Crippen LogP) is 1.59. The molecule has 2 N–H and O–H groups in total. The molecule has 1 aromatic carbocycles. The summed E-state index contributed by atoms with van der Waals surface area (Å²) in [5.74, 6) is 0. The van der Waals surface area contributed by atoms with Gasteiger partial charge in [0.05, 0.1) is 4.90 Å². The lowest BCUT2D eigenvalue weighted by molar-refractivity contribution is 0.520. The second kappa shape index (κ2) is 4.11. The van der Waals surface area contributed by atoms with Gasteiger partial charge in [0.25, 0.3) is 0 Å². The third-order valence-electron chi connectivity index (χ3n) is 2.12. The van der Waals surface area contributed by atoms with E-state index in [4.69, 9.17) is 5.73 Å². The molecule has 15 heavy (non-hydrogen) atoms. The molecular weight excluding hydrogens is 280 g/mol. The number of rotatable bonds is 2. The van der Waals surface area contributed by atoms with Gasteiger partial charge in [-0.1, -0.05) is 15.9 Å². The quantitative estimate of drug-likeness (QED) is 0.842. The fraction of sp³-hybridized carbons (Fsp3) is 0.333. The molecule has 0 bridgehead atoms. The Morgan fingerprint density at radius 1 is 1.33 bits per heavy atom. The van der Waals surface area contributed by atoms with Crippen LogP contribution in [0.25, 0.3) is 0 Å². The Labute approximate surface area is 98.3 Å². The van der Waals surface area contributed by atoms with Crippen molar-refractivity contribution in [2.75, 3.05) is 19.8 Å². The minimum Gasteiger partial charge on any atom is -0.398 e. The monoisotopic (exact) mass is 292 g/mol. The van der Waals surface area contributed by atoms with Gasteiger partial charge in [-0.2, -0.15) is 0 Å². The van der Waals surface area contributed by atoms with Gasteiger partial charge in [-0.3, -0.25) is 0 Å². The van der Waals surface area contributed by atoms with Gasteiger partial charge in [-0.25, -0.2) is 12.7 Å². The zero-order valence-electron chi connectivity index (χ0n) is 8.78. The number of sulfonamides is 1. The standard InChI is InChI=1S/C9H13BrN2O2S/c1-6-8(11)4-7(10)5-9(6)15(13,14)12(2)3/h4-5H,11H2,1-3H3. The van der Waals surface area contributed by atoms with Gasteiger partial charge in [0.1, 0.15) is 0 Å². The van der Waals surface area contributed by atoms with Gasteiger partial charge in [0.15, 0.2) is 0 Å². The molecule has 0 aromatic heterocycles. The highest BCUT2D eigenvalue weighted by molar-refractivity contribution is 9.10. The van der Waals surface area contributed by atoms with E-state index >= 15 is 0 Å². The summed E-state index contributed by atoms with van der Waals surface area (Å²) in [6.45, 7) is 1.69. The van der Waals surface area contributed by atoms with Crippen molar-refractivity contribution in [2.24, 2.45) is 0 Å². The molecule has 4 nitrogen and oxygen atoms in total. The predicted molar refractivity (Wildman–Crippen MR) is 64.2 cm³/mol. The van der Waals surface area contributed by atoms with Crippen LogP contribution >= 0.6 is 15.9 Å². The molecule has 6 heteroatoms. The molecule has 0 heterocycles. The first-order valence-corrected chi connectivity index (χ1v) is 6.48. The average molecular weight is 293 g/mol. The first-order valence-electron chi connectivity index (χ1n) is 4.25. The van der Waals surface area contributed by atoms with Crippen LogP contribution < -0.4 is 5.73 Å². The molecule has 0 saturated carbocycles. The van der Waals surface area contributed by atoms with Crippen LogP contribution in [0.4, 0.5) is 5.69 Å². The Morgan fingerprint density at radius 3 is 2.33 bits per heavy atom. The maximum atomic E-state index is 11.9. The molecule has 0 saturated heterocycles. The van der Waals surface area contributed by atoms with Crippen molar-refractivity contribution in [3.8, 4) is 0 Å². The molecule has 0 atom stereocenters. The van der Waals surface area contributed by atoms with Crippen molar-refractivity contribution in [1.29, 1.82) is 0 Å². The molecule has 0 amide bonds. The van der Waals surface area contributed by atoms with Crippen LogP contribution in [0.3, 0.4) is 0 Å². The summed E-state index contributed by atoms with van der Waals surface area (Å²) in [6.07, 6.45) is 0. The molecule has 0 aliphatic rings. The number of nitrogen functional groups attached to an aromatic ring is 1. The van der Waals surface area contributed by atoms with Gasteiger partial charge in [0.2, 0.25) is 10.0 Å². The molecule has 1 aromatic rings. The third-order valence-corrected chi connectivity index (χ3v) is 4.52. The highest BCUT2D eigenvalue weighted by atomic mass is 79.9. The number of hydrogen-bond acceptors (Lipinski definition) is 3. The van der Waals surface area contributed by atoms with E-state index in [0.717, 1.165) is 0 Å². The molecule has 0 unspecified atom stereocenters. The van der Waals surface area contributed by atoms with Gasteiger partial charge < -0.3 is 5.73 Å². The normalized spacial score (nSPS) is 12.1. The number of benzene rings is 1. The fourth-order valence-corrected chi connectivity index (χ4v) is 2.94. The van der Waals surface area contributed by atoms with E-state index in [-0.39, 0.29) is 4.90 Å². The van der Waals surface area contributed by atoms with Crippen LogP contribution in [-0.2, 0) is 10.0 Å². The van der Waals surface area contributed by atoms with Gasteiger partial charge in [0, 0.05) is 24.3 Å². The second-order valence-electron chi connectivity index (χ2n) is 3.41. The first-order chi connectivity index (χ1) is 6.76. The number of anilines is 1. The van der Waals surface area contributed by atoms with Gasteiger partial charge in [-0.15, -0.1) is 0 Å². The lowest BCUT2D eigenvalue weighted by Crippen LogP contribution is -2.23. The summed E-state index contributed by atoms with van der Waals surface area (Å²) in [5.41, 5.74) is 6.74. The van der Waals surface area contributed by atoms with Crippen LogP contribution in [0.1, 0.15) is 5.56 Å². The summed E-state index contributed by atoms with van der Waals surface area (Å²) < 4.78 is 25.6. The molecule has 0 radical (unpaired) electrons. The summed E-state index contributed by atoms with van der Waals surface area (Å²) in [7, 11) is -0.445. The maximum absolute atomic E-state index is 11.9. The molecule has 0 fully saturated rings. The topological polar surface area (TPSA) is 63.4 Å². The van der Waals surface area contributed by atoms with Crippen molar-refractivity contribution >= 4 is 31.6 Å². The van der Waals surface area contributed by atoms with Crippen LogP contribution in [0, 0.1) is 6.92 Å². The Kier molecular flexibility index (Phi) is 3.42. The SMILES string of the molecule is Cc1c(N)cc(Br)cc1S(=O)(=O)N(C)C. The van der Waals surface area contributed by atoms with E-state index in [1.165, 1.54) is 18.4 Å². The number of nitrogens with two attached hydrogens (primary N) is 1. The van der Waals surface area contributed by atoms with Crippen LogP contribution in [0.15, 0.2) is 21.5 Å². The largest absolute Gasteiger partial charge is 0.398 e. The lowest BCUT2D eigenvalue weighted by atomic mass is 10.2. The number of hydrogen-bond donors (Lipinski definition) is 1. The zero-order valence-corrected chi connectivity index (χ0v) is 11.2. The maximum Gasteiger partial charge on any atom is 0.242 e. The summed E-state index contributed by atoms with van der Waals surface area (Å²) >= 11 is 3.23. The number of halogens is 1. The summed E-state index contributed by atoms with van der Waals surface area (Å²) in [5, 5.41) is 0. The Bertz CT molecular complexity index is 483. The van der Waals surface area contributed by atoms with Crippen LogP contribution in [0.5, 0.6) is 0 Å². The van der Waals surface area contributed by atoms with Crippen molar-refractivity contribution in [1.82, 2.24) is 4.31 Å². The molecule has 0 aliphatic carbocycles. The second-order valence-corrected chi connectivity index (χ2v) is 6.44. The van der Waals surface area contributed by atoms with E-state index in [1.54, 1.807) is 19.1 Å². The summed E-state index contributed by atoms with van der Waals surface area (Å²) in [6, 6.07) is 3.24. The lowest BCUT2D eigenvalue weighted by Gasteiger charge is -2.15. The Hall–Kier alpha value is -0.590. The molecular formula is C9H13BrN2O2S.